The van der Waals surface area contributed by atoms with Crippen molar-refractivity contribution in [1.82, 2.24) is 9.97 Å². The summed E-state index contributed by atoms with van der Waals surface area (Å²) in [5, 5.41) is 5.99. The van der Waals surface area contributed by atoms with Gasteiger partial charge in [0.1, 0.15) is 44.2 Å². The summed E-state index contributed by atoms with van der Waals surface area (Å²) in [6.07, 6.45) is 3.62. The highest BCUT2D eigenvalue weighted by Crippen LogP contribution is 2.35. The molecule has 0 aliphatic rings. The van der Waals surface area contributed by atoms with E-state index in [1.807, 2.05) is 144 Å². The van der Waals surface area contributed by atoms with Crippen LogP contribution in [0.15, 0.2) is 249 Å². The van der Waals surface area contributed by atoms with Crippen LogP contribution < -0.4 is 22.8 Å². The molecule has 0 radical (unpaired) electrons. The molecule has 0 amide bonds. The van der Waals surface area contributed by atoms with Gasteiger partial charge >= 0.3 is 0 Å². The molecule has 0 N–H and O–H groups in total. The van der Waals surface area contributed by atoms with Crippen LogP contribution in [-0.2, 0) is 35.2 Å². The van der Waals surface area contributed by atoms with Gasteiger partial charge in [-0.25, -0.2) is 17.9 Å². The van der Waals surface area contributed by atoms with Gasteiger partial charge in [-0.1, -0.05) is 235 Å². The Morgan fingerprint density at radius 3 is 0.744 bits per heavy atom. The topological polar surface area (TPSA) is 45.2 Å². The predicted octanol–water partition coefficient (Wildman–Crippen LogP) is 30.7. The molecule has 5 heterocycles. The first-order chi connectivity index (χ1) is 60.8. The number of hydrogen-bond acceptors (Lipinski definition) is 2. The molecule has 0 aliphatic carbocycles. The molecule has 0 saturated heterocycles. The maximum atomic E-state index is 14.1. The van der Waals surface area contributed by atoms with E-state index >= 15 is 0 Å². The second-order valence-electron chi connectivity index (χ2n) is 38.1. The zero-order valence-corrected chi connectivity index (χ0v) is 85.4. The predicted molar refractivity (Wildman–Crippen MR) is 553 cm³/mol. The van der Waals surface area contributed by atoms with E-state index in [-0.39, 0.29) is 11.6 Å². The molecule has 0 fully saturated rings. The Hall–Kier alpha value is -11.8. The largest absolute Gasteiger partial charge is 0.287 e. The third-order valence-electron chi connectivity index (χ3n) is 21.7. The van der Waals surface area contributed by atoms with Gasteiger partial charge in [-0.3, -0.25) is 0 Å². The Kier molecular flexibility index (Phi) is 41.3. The summed E-state index contributed by atoms with van der Waals surface area (Å²) in [7, 11) is 10.4. The van der Waals surface area contributed by atoms with E-state index in [0.29, 0.717) is 22.3 Å². The summed E-state index contributed by atoms with van der Waals surface area (Å²) in [4.78, 5) is 8.90. The second kappa shape index (κ2) is 50.2. The number of benzene rings is 11. The van der Waals surface area contributed by atoms with Crippen molar-refractivity contribution in [2.45, 2.75) is 215 Å². The van der Waals surface area contributed by atoms with Crippen molar-refractivity contribution in [3.63, 3.8) is 0 Å². The minimum absolute atomic E-state index is 0.114. The molecule has 129 heavy (non-hydrogen) atoms. The summed E-state index contributed by atoms with van der Waals surface area (Å²) in [6.45, 7) is 65.5. The quantitative estimate of drug-likeness (QED) is 0.161. The maximum absolute atomic E-state index is 14.1. The van der Waals surface area contributed by atoms with Gasteiger partial charge in [0.2, 0.25) is 33.6 Å². The van der Waals surface area contributed by atoms with Gasteiger partial charge in [-0.15, -0.1) is 0 Å². The first-order valence-corrected chi connectivity index (χ1v) is 46.2. The van der Waals surface area contributed by atoms with Crippen LogP contribution in [0, 0.1) is 152 Å². The minimum atomic E-state index is -0.114. The lowest BCUT2D eigenvalue weighted by molar-refractivity contribution is -0.662. The highest BCUT2D eigenvalue weighted by Gasteiger charge is 2.24. The van der Waals surface area contributed by atoms with Gasteiger partial charge in [0.15, 0.2) is 11.0 Å². The Balaban J connectivity index is 0.000000231. The van der Waals surface area contributed by atoms with Crippen LogP contribution in [0.1, 0.15) is 193 Å². The Morgan fingerprint density at radius 1 is 0.233 bits per heavy atom. The Labute approximate surface area is 776 Å². The van der Waals surface area contributed by atoms with E-state index in [1.54, 1.807) is 0 Å². The molecule has 0 spiro atoms. The monoisotopic (exact) mass is 1730 g/mol. The van der Waals surface area contributed by atoms with E-state index in [0.717, 1.165) is 85.0 Å². The lowest BCUT2D eigenvalue weighted by Crippen LogP contribution is -2.32. The highest BCUT2D eigenvalue weighted by molar-refractivity contribution is 5.93. The molecule has 5 aromatic heterocycles. The Morgan fingerprint density at radius 2 is 0.481 bits per heavy atom. The smallest absolute Gasteiger partial charge is 0.232 e. The number of nitrogens with zero attached hydrogens (tertiary/aromatic N) is 7. The van der Waals surface area contributed by atoms with Crippen molar-refractivity contribution in [3.8, 4) is 56.3 Å². The van der Waals surface area contributed by atoms with Gasteiger partial charge in [0.25, 0.3) is 12.7 Å². The van der Waals surface area contributed by atoms with Crippen LogP contribution in [0.5, 0.6) is 0 Å². The molecular weight excluding hydrogens is 1580 g/mol. The number of aromatic nitrogens is 7. The zero-order valence-electron chi connectivity index (χ0n) is 85.4. The van der Waals surface area contributed by atoms with E-state index in [1.165, 1.54) is 122 Å². The molecule has 0 saturated carbocycles. The van der Waals surface area contributed by atoms with Gasteiger partial charge in [-0.05, 0) is 308 Å². The van der Waals surface area contributed by atoms with Crippen LogP contribution in [0.25, 0.3) is 111 Å². The number of para-hydroxylation sites is 5. The molecule has 678 valence electrons. The van der Waals surface area contributed by atoms with Gasteiger partial charge in [0.05, 0.1) is 24.9 Å². The number of hydrogen-bond donors (Lipinski definition) is 0. The molecule has 9 heteroatoms. The summed E-state index contributed by atoms with van der Waals surface area (Å²) in [5.74, 6) is 3.94. The van der Waals surface area contributed by atoms with Crippen molar-refractivity contribution in [3.05, 3.63) is 350 Å². The molecule has 0 aliphatic heterocycles. The van der Waals surface area contributed by atoms with Crippen molar-refractivity contribution in [1.29, 1.82) is 0 Å². The van der Waals surface area contributed by atoms with Crippen LogP contribution in [0.2, 0.25) is 0 Å². The van der Waals surface area contributed by atoms with Crippen LogP contribution >= 0.6 is 0 Å². The lowest BCUT2D eigenvalue weighted by atomic mass is 9.95. The normalized spacial score (nSPS) is 10.6. The van der Waals surface area contributed by atoms with Crippen molar-refractivity contribution < 1.29 is 31.6 Å². The fourth-order valence-corrected chi connectivity index (χ4v) is 14.9. The van der Waals surface area contributed by atoms with Crippen molar-refractivity contribution in [2.24, 2.45) is 64.8 Å². The first kappa shape index (κ1) is 106. The molecule has 7 nitrogen and oxygen atoms in total. The third kappa shape index (κ3) is 30.1. The van der Waals surface area contributed by atoms with Crippen molar-refractivity contribution >= 4 is 54.5 Å². The third-order valence-corrected chi connectivity index (χ3v) is 21.7. The lowest BCUT2D eigenvalue weighted by Gasteiger charge is -2.13. The molecule has 0 unspecified atom stereocenters. The molecule has 16 rings (SSSR count). The van der Waals surface area contributed by atoms with Gasteiger partial charge in [0, 0.05) is 80.4 Å². The number of rotatable bonds is 5. The summed E-state index contributed by atoms with van der Waals surface area (Å²) < 4.78 is 39.0. The average molecular weight is 1730 g/mol. The fourth-order valence-electron chi connectivity index (χ4n) is 14.9. The molecule has 16 aromatic rings. The van der Waals surface area contributed by atoms with Crippen LogP contribution in [-0.4, -0.2) is 9.97 Å². The van der Waals surface area contributed by atoms with E-state index < -0.39 is 0 Å². The molecular formula is C120H154F2N7+5. The number of halogens is 2. The zero-order chi connectivity index (χ0) is 96.1. The van der Waals surface area contributed by atoms with E-state index in [4.69, 9.17) is 0 Å². The molecule has 0 bridgehead atoms. The van der Waals surface area contributed by atoms with E-state index in [9.17, 15) is 8.78 Å². The highest BCUT2D eigenvalue weighted by atomic mass is 19.1. The summed E-state index contributed by atoms with van der Waals surface area (Å²) in [5.41, 5.74) is 35.9. The number of fused-ring (bicyclic) bond motifs is 5. The maximum Gasteiger partial charge on any atom is 0.287 e. The minimum Gasteiger partial charge on any atom is -0.232 e. The standard InChI is InChI=1S/3C19H20N.2C18H18FN2.C7H8.5C4H10/c3*1-13-11-14(2)15(3)17(12-13)19-10-9-16-7-5-6-8-18(16)20(19)4;2*1-11-9-15(12(2)13(3)17(11)19)18-14-7-5-6-8-16(14)20-10-21(18)4;1-7-5-3-2-4-6-7;5*1-4(2)3/h3*5-12H,1-4H3;2*5-10H,1-4H3;2-6H,1H3;5*4H,1-3H3/q5*+1;;;;;;. The molecule has 11 aromatic carbocycles. The summed E-state index contributed by atoms with van der Waals surface area (Å²) in [6, 6.07) is 82.7. The summed E-state index contributed by atoms with van der Waals surface area (Å²) >= 11 is 0. The first-order valence-electron chi connectivity index (χ1n) is 46.2. The van der Waals surface area contributed by atoms with Gasteiger partial charge in [-0.2, -0.15) is 13.7 Å². The van der Waals surface area contributed by atoms with Crippen molar-refractivity contribution in [2.75, 3.05) is 0 Å². The second-order valence-corrected chi connectivity index (χ2v) is 38.1. The number of pyridine rings is 3. The Bertz CT molecular complexity index is 5860. The fraction of sp³-hybridized carbons (Fsp3) is 0.342. The van der Waals surface area contributed by atoms with E-state index in [2.05, 4.69) is 388 Å². The van der Waals surface area contributed by atoms with Crippen LogP contribution in [0.4, 0.5) is 8.78 Å². The average Bonchev–Trinajstić information content (AvgIpc) is 0.766. The van der Waals surface area contributed by atoms with Gasteiger partial charge < -0.3 is 0 Å². The molecule has 0 atom stereocenters. The SMILES string of the molecule is CC(C)C.CC(C)C.CC(C)C.CC(C)C.CC(C)C.Cc1cc(-c2c3ccccc3nc[n+]2C)c(C)c(C)c1F.Cc1cc(-c2c3ccccc3nc[n+]2C)c(C)c(C)c1F.Cc1cc(C)c(C)c(-c2ccc3ccccc3[n+]2C)c1.Cc1cc(C)c(C)c(-c2ccc3ccccc3[n+]2C)c1.Cc1cc(C)c(C)c(-c2ccc3ccccc3[n+]2C)c1.Cc1ccccc1. The van der Waals surface area contributed by atoms with Crippen LogP contribution in [0.3, 0.4) is 0 Å². The number of aryl methyl sites for hydroxylation is 14.